The Labute approximate surface area is 56.8 Å². The SMILES string of the molecule is C[C@]12CC[C@@H](CNC1)C2. The van der Waals surface area contributed by atoms with Crippen molar-refractivity contribution in [3.63, 3.8) is 0 Å². The van der Waals surface area contributed by atoms with Crippen LogP contribution in [-0.4, -0.2) is 13.1 Å². The molecule has 2 fully saturated rings. The summed E-state index contributed by atoms with van der Waals surface area (Å²) in [6.07, 6.45) is 4.42. The van der Waals surface area contributed by atoms with Crippen molar-refractivity contribution in [3.05, 3.63) is 0 Å². The molecule has 52 valence electrons. The molecule has 0 radical (unpaired) electrons. The topological polar surface area (TPSA) is 12.0 Å². The molecule has 0 aromatic rings. The Morgan fingerprint density at radius 3 is 3.11 bits per heavy atom. The normalized spacial score (nSPS) is 49.7. The maximum absolute atomic E-state index is 3.49. The number of hydrogen-bond donors (Lipinski definition) is 1. The molecule has 1 heterocycles. The van der Waals surface area contributed by atoms with Crippen molar-refractivity contribution in [2.75, 3.05) is 13.1 Å². The lowest BCUT2D eigenvalue weighted by atomic mass is 9.85. The summed E-state index contributed by atoms with van der Waals surface area (Å²) in [4.78, 5) is 0. The van der Waals surface area contributed by atoms with Crippen LogP contribution in [0.2, 0.25) is 0 Å². The van der Waals surface area contributed by atoms with E-state index in [4.69, 9.17) is 0 Å². The van der Waals surface area contributed by atoms with E-state index >= 15 is 0 Å². The molecule has 0 spiro atoms. The van der Waals surface area contributed by atoms with E-state index in [9.17, 15) is 0 Å². The third-order valence-electron chi connectivity index (χ3n) is 2.92. The fraction of sp³-hybridized carbons (Fsp3) is 1.00. The van der Waals surface area contributed by atoms with Gasteiger partial charge in [0.05, 0.1) is 0 Å². The van der Waals surface area contributed by atoms with Crippen LogP contribution >= 0.6 is 0 Å². The van der Waals surface area contributed by atoms with Gasteiger partial charge < -0.3 is 5.32 Å². The van der Waals surface area contributed by atoms with Crippen molar-refractivity contribution in [2.45, 2.75) is 26.2 Å². The first-order valence-electron chi connectivity index (χ1n) is 3.99. The Morgan fingerprint density at radius 1 is 1.56 bits per heavy atom. The van der Waals surface area contributed by atoms with Crippen molar-refractivity contribution in [3.8, 4) is 0 Å². The molecule has 1 saturated carbocycles. The number of fused-ring (bicyclic) bond motifs is 2. The van der Waals surface area contributed by atoms with Gasteiger partial charge in [-0.2, -0.15) is 0 Å². The third-order valence-corrected chi connectivity index (χ3v) is 2.92. The molecule has 2 bridgehead atoms. The van der Waals surface area contributed by atoms with Crippen LogP contribution in [0.3, 0.4) is 0 Å². The van der Waals surface area contributed by atoms with Gasteiger partial charge in [-0.25, -0.2) is 0 Å². The molecule has 2 rings (SSSR count). The van der Waals surface area contributed by atoms with Crippen LogP contribution in [0.15, 0.2) is 0 Å². The Balaban J connectivity index is 2.13. The molecule has 9 heavy (non-hydrogen) atoms. The van der Waals surface area contributed by atoms with Crippen molar-refractivity contribution in [1.82, 2.24) is 5.32 Å². The molecule has 1 saturated heterocycles. The van der Waals surface area contributed by atoms with E-state index in [0.29, 0.717) is 5.41 Å². The lowest BCUT2D eigenvalue weighted by Gasteiger charge is -2.29. The van der Waals surface area contributed by atoms with Crippen LogP contribution in [0.5, 0.6) is 0 Å². The van der Waals surface area contributed by atoms with Gasteiger partial charge in [-0.15, -0.1) is 0 Å². The highest BCUT2D eigenvalue weighted by atomic mass is 14.9. The second kappa shape index (κ2) is 1.72. The zero-order valence-electron chi connectivity index (χ0n) is 6.11. The maximum atomic E-state index is 3.49. The molecule has 2 atom stereocenters. The van der Waals surface area contributed by atoms with Gasteiger partial charge in [-0.05, 0) is 37.1 Å². The summed E-state index contributed by atoms with van der Waals surface area (Å²) in [6.45, 7) is 4.97. The molecule has 0 amide bonds. The predicted octanol–water partition coefficient (Wildman–Crippen LogP) is 1.40. The quantitative estimate of drug-likeness (QED) is 0.516. The first kappa shape index (κ1) is 5.72. The minimum Gasteiger partial charge on any atom is -0.316 e. The molecule has 1 aliphatic heterocycles. The second-order valence-electron chi connectivity index (χ2n) is 4.05. The fourth-order valence-electron chi connectivity index (χ4n) is 2.37. The average molecular weight is 125 g/mol. The molecular formula is C8H15N. The predicted molar refractivity (Wildman–Crippen MR) is 38.3 cm³/mol. The standard InChI is InChI=1S/C8H15N/c1-8-3-2-7(4-8)5-9-6-8/h7,9H,2-6H2,1H3/t7-,8-/m1/s1. The molecular weight excluding hydrogens is 110 g/mol. The summed E-state index contributed by atoms with van der Waals surface area (Å²) in [5.41, 5.74) is 0.683. The maximum Gasteiger partial charge on any atom is 0.000539 e. The minimum atomic E-state index is 0.683. The van der Waals surface area contributed by atoms with E-state index in [0.717, 1.165) is 5.92 Å². The summed E-state index contributed by atoms with van der Waals surface area (Å²) in [5.74, 6) is 1.02. The second-order valence-corrected chi connectivity index (χ2v) is 4.05. The van der Waals surface area contributed by atoms with Gasteiger partial charge in [0.1, 0.15) is 0 Å². The van der Waals surface area contributed by atoms with E-state index in [1.807, 2.05) is 0 Å². The molecule has 0 aromatic heterocycles. The molecule has 1 nitrogen and oxygen atoms in total. The molecule has 0 unspecified atom stereocenters. The Bertz CT molecular complexity index is 118. The fourth-order valence-corrected chi connectivity index (χ4v) is 2.37. The summed E-state index contributed by atoms with van der Waals surface area (Å²) >= 11 is 0. The van der Waals surface area contributed by atoms with Crippen LogP contribution in [-0.2, 0) is 0 Å². The minimum absolute atomic E-state index is 0.683. The smallest absolute Gasteiger partial charge is 0.000539 e. The Kier molecular flexibility index (Phi) is 1.10. The van der Waals surface area contributed by atoms with E-state index in [1.165, 1.54) is 32.4 Å². The number of piperidine rings is 1. The van der Waals surface area contributed by atoms with Crippen molar-refractivity contribution in [2.24, 2.45) is 11.3 Å². The van der Waals surface area contributed by atoms with Crippen LogP contribution in [0.25, 0.3) is 0 Å². The van der Waals surface area contributed by atoms with Crippen molar-refractivity contribution in [1.29, 1.82) is 0 Å². The van der Waals surface area contributed by atoms with Crippen LogP contribution in [0.1, 0.15) is 26.2 Å². The highest BCUT2D eigenvalue weighted by molar-refractivity contribution is 4.92. The van der Waals surface area contributed by atoms with Gasteiger partial charge in [0, 0.05) is 6.54 Å². The lowest BCUT2D eigenvalue weighted by Crippen LogP contribution is -2.36. The average Bonchev–Trinajstić information content (AvgIpc) is 2.07. The van der Waals surface area contributed by atoms with Gasteiger partial charge in [-0.1, -0.05) is 6.92 Å². The molecule has 1 N–H and O–H groups in total. The zero-order valence-corrected chi connectivity index (χ0v) is 6.11. The summed E-state index contributed by atoms with van der Waals surface area (Å²) in [7, 11) is 0. The molecule has 1 heteroatoms. The summed E-state index contributed by atoms with van der Waals surface area (Å²) in [5, 5.41) is 3.49. The largest absolute Gasteiger partial charge is 0.316 e. The van der Waals surface area contributed by atoms with E-state index in [-0.39, 0.29) is 0 Å². The van der Waals surface area contributed by atoms with Crippen molar-refractivity contribution < 1.29 is 0 Å². The number of hydrogen-bond acceptors (Lipinski definition) is 1. The van der Waals surface area contributed by atoms with Crippen molar-refractivity contribution >= 4 is 0 Å². The highest BCUT2D eigenvalue weighted by Gasteiger charge is 2.37. The van der Waals surface area contributed by atoms with Gasteiger partial charge in [0.2, 0.25) is 0 Å². The summed E-state index contributed by atoms with van der Waals surface area (Å²) in [6, 6.07) is 0. The zero-order chi connectivity index (χ0) is 6.32. The first-order chi connectivity index (χ1) is 4.29. The lowest BCUT2D eigenvalue weighted by molar-refractivity contribution is 0.258. The van der Waals surface area contributed by atoms with Crippen LogP contribution in [0, 0.1) is 11.3 Å². The van der Waals surface area contributed by atoms with Gasteiger partial charge in [0.15, 0.2) is 0 Å². The van der Waals surface area contributed by atoms with E-state index in [2.05, 4.69) is 12.2 Å². The van der Waals surface area contributed by atoms with Crippen LogP contribution < -0.4 is 5.32 Å². The van der Waals surface area contributed by atoms with Crippen LogP contribution in [0.4, 0.5) is 0 Å². The van der Waals surface area contributed by atoms with E-state index < -0.39 is 0 Å². The first-order valence-corrected chi connectivity index (χ1v) is 3.99. The Hall–Kier alpha value is -0.0400. The van der Waals surface area contributed by atoms with Gasteiger partial charge >= 0.3 is 0 Å². The monoisotopic (exact) mass is 125 g/mol. The molecule has 0 aromatic carbocycles. The number of rotatable bonds is 0. The molecule has 2 aliphatic rings. The Morgan fingerprint density at radius 2 is 2.44 bits per heavy atom. The third kappa shape index (κ3) is 0.877. The van der Waals surface area contributed by atoms with Gasteiger partial charge in [-0.3, -0.25) is 0 Å². The number of nitrogens with one attached hydrogen (secondary N) is 1. The summed E-state index contributed by atoms with van der Waals surface area (Å²) < 4.78 is 0. The van der Waals surface area contributed by atoms with E-state index in [1.54, 1.807) is 0 Å². The van der Waals surface area contributed by atoms with Gasteiger partial charge in [0.25, 0.3) is 0 Å². The highest BCUT2D eigenvalue weighted by Crippen LogP contribution is 2.42. The molecule has 1 aliphatic carbocycles.